The number of benzene rings is 2. The Balaban J connectivity index is 1.62. The quantitative estimate of drug-likeness (QED) is 0.578. The second kappa shape index (κ2) is 7.28. The third-order valence-corrected chi connectivity index (χ3v) is 5.94. The predicted molar refractivity (Wildman–Crippen MR) is 106 cm³/mol. The normalized spacial score (nSPS) is 17.3. The number of thioether (sulfide) groups is 1. The molecule has 0 radical (unpaired) electrons. The van der Waals surface area contributed by atoms with E-state index in [1.165, 1.54) is 6.08 Å². The summed E-state index contributed by atoms with van der Waals surface area (Å²) in [5.74, 6) is 0.626. The Kier molecular flexibility index (Phi) is 4.99. The minimum Gasteiger partial charge on any atom is -0.454 e. The minimum atomic E-state index is -0.435. The molecule has 2 amide bonds. The van der Waals surface area contributed by atoms with Gasteiger partial charge in [0.05, 0.1) is 11.4 Å². The van der Waals surface area contributed by atoms with Crippen molar-refractivity contribution in [2.24, 2.45) is 0 Å². The maximum Gasteiger partial charge on any atom is 0.293 e. The number of imide groups is 1. The van der Waals surface area contributed by atoms with Crippen LogP contribution in [-0.2, 0) is 11.3 Å². The number of halogens is 3. The van der Waals surface area contributed by atoms with Gasteiger partial charge in [0.15, 0.2) is 11.5 Å². The molecule has 0 unspecified atom stereocenters. The van der Waals surface area contributed by atoms with Gasteiger partial charge in [0.25, 0.3) is 11.1 Å². The molecule has 9 heteroatoms. The average Bonchev–Trinajstić information content (AvgIpc) is 3.17. The van der Waals surface area contributed by atoms with E-state index >= 15 is 0 Å². The molecule has 0 spiro atoms. The smallest absolute Gasteiger partial charge is 0.293 e. The van der Waals surface area contributed by atoms with E-state index in [4.69, 9.17) is 44.3 Å². The summed E-state index contributed by atoms with van der Waals surface area (Å²) in [6.45, 7) is 0.131. The van der Waals surface area contributed by atoms with Gasteiger partial charge in [-0.25, -0.2) is 0 Å². The Bertz CT molecular complexity index is 988. The highest BCUT2D eigenvalue weighted by Gasteiger charge is 2.36. The van der Waals surface area contributed by atoms with Crippen LogP contribution in [0, 0.1) is 0 Å². The fourth-order valence-corrected chi connectivity index (χ4v) is 4.21. The van der Waals surface area contributed by atoms with Crippen LogP contribution in [0.15, 0.2) is 35.2 Å². The topological polar surface area (TPSA) is 55.8 Å². The van der Waals surface area contributed by atoms with Gasteiger partial charge in [-0.15, -0.1) is 0 Å². The molecule has 0 atom stereocenters. The summed E-state index contributed by atoms with van der Waals surface area (Å²) in [6, 6.07) is 8.31. The van der Waals surface area contributed by atoms with Gasteiger partial charge in [0, 0.05) is 26.7 Å². The van der Waals surface area contributed by atoms with Gasteiger partial charge in [-0.3, -0.25) is 14.5 Å². The molecule has 2 aliphatic heterocycles. The number of rotatable bonds is 3. The van der Waals surface area contributed by atoms with Crippen molar-refractivity contribution in [1.29, 1.82) is 0 Å². The van der Waals surface area contributed by atoms with Crippen LogP contribution >= 0.6 is 46.6 Å². The summed E-state index contributed by atoms with van der Waals surface area (Å²) in [5, 5.41) is 0.779. The van der Waals surface area contributed by atoms with Crippen LogP contribution in [0.25, 0.3) is 6.08 Å². The fraction of sp³-hybridized carbons (Fsp3) is 0.111. The highest BCUT2D eigenvalue weighted by molar-refractivity contribution is 8.18. The second-order valence-corrected chi connectivity index (χ2v) is 7.91. The van der Waals surface area contributed by atoms with E-state index in [1.807, 2.05) is 0 Å². The largest absolute Gasteiger partial charge is 0.454 e. The van der Waals surface area contributed by atoms with E-state index in [0.29, 0.717) is 37.7 Å². The molecule has 0 aromatic heterocycles. The van der Waals surface area contributed by atoms with Crippen molar-refractivity contribution in [3.05, 3.63) is 61.4 Å². The first-order chi connectivity index (χ1) is 12.9. The minimum absolute atomic E-state index is 0.0216. The molecule has 0 aliphatic carbocycles. The molecular formula is C18H10Cl3NO4S. The molecule has 0 bridgehead atoms. The van der Waals surface area contributed by atoms with E-state index in [9.17, 15) is 9.59 Å². The first kappa shape index (κ1) is 18.5. The first-order valence-corrected chi connectivity index (χ1v) is 9.66. The lowest BCUT2D eigenvalue weighted by molar-refractivity contribution is -0.123. The summed E-state index contributed by atoms with van der Waals surface area (Å²) in [4.78, 5) is 26.4. The zero-order valence-electron chi connectivity index (χ0n) is 13.5. The number of nitrogens with zero attached hydrogens (tertiary/aromatic N) is 1. The number of fused-ring (bicyclic) bond motifs is 1. The van der Waals surface area contributed by atoms with Gasteiger partial charge < -0.3 is 9.47 Å². The first-order valence-electron chi connectivity index (χ1n) is 7.71. The molecule has 27 heavy (non-hydrogen) atoms. The van der Waals surface area contributed by atoms with Crippen molar-refractivity contribution in [2.45, 2.75) is 6.54 Å². The number of amides is 2. The van der Waals surface area contributed by atoms with Crippen molar-refractivity contribution in [3.8, 4) is 11.5 Å². The summed E-state index contributed by atoms with van der Waals surface area (Å²) in [5.41, 5.74) is 1.08. The average molecular weight is 443 g/mol. The zero-order chi connectivity index (χ0) is 19.1. The third kappa shape index (κ3) is 3.50. The molecule has 1 fully saturated rings. The van der Waals surface area contributed by atoms with Crippen molar-refractivity contribution in [1.82, 2.24) is 4.90 Å². The van der Waals surface area contributed by atoms with Crippen molar-refractivity contribution < 1.29 is 19.1 Å². The van der Waals surface area contributed by atoms with Crippen molar-refractivity contribution >= 4 is 63.8 Å². The van der Waals surface area contributed by atoms with E-state index < -0.39 is 11.1 Å². The molecule has 2 heterocycles. The Morgan fingerprint density at radius 3 is 2.41 bits per heavy atom. The molecule has 4 rings (SSSR count). The number of hydrogen-bond acceptors (Lipinski definition) is 5. The highest BCUT2D eigenvalue weighted by atomic mass is 35.5. The molecule has 0 saturated carbocycles. The predicted octanol–water partition coefficient (Wildman–Crippen LogP) is 5.61. The van der Waals surface area contributed by atoms with Crippen LogP contribution in [0.2, 0.25) is 15.1 Å². The van der Waals surface area contributed by atoms with E-state index in [-0.39, 0.29) is 18.2 Å². The van der Waals surface area contributed by atoms with Gasteiger partial charge in [-0.1, -0.05) is 40.9 Å². The van der Waals surface area contributed by atoms with Crippen LogP contribution in [0.3, 0.4) is 0 Å². The summed E-state index contributed by atoms with van der Waals surface area (Å²) in [7, 11) is 0. The number of carbonyl (C=O) groups is 2. The molecular weight excluding hydrogens is 433 g/mol. The van der Waals surface area contributed by atoms with Gasteiger partial charge in [0.1, 0.15) is 0 Å². The van der Waals surface area contributed by atoms with Crippen LogP contribution in [0.1, 0.15) is 11.1 Å². The molecule has 2 aromatic carbocycles. The Morgan fingerprint density at radius 1 is 1.04 bits per heavy atom. The highest BCUT2D eigenvalue weighted by Crippen LogP contribution is 2.40. The lowest BCUT2D eigenvalue weighted by atomic mass is 10.1. The molecule has 138 valence electrons. The number of ether oxygens (including phenoxy) is 2. The summed E-state index contributed by atoms with van der Waals surface area (Å²) < 4.78 is 10.6. The van der Waals surface area contributed by atoms with Crippen LogP contribution in [0.4, 0.5) is 4.79 Å². The monoisotopic (exact) mass is 441 g/mol. The SMILES string of the molecule is O=C1S/C(=C\c2c(Cl)cccc2Cl)C(=O)N1Cc1cc2c(cc1Cl)OCO2. The Morgan fingerprint density at radius 2 is 1.70 bits per heavy atom. The lowest BCUT2D eigenvalue weighted by Crippen LogP contribution is -2.27. The van der Waals surface area contributed by atoms with Crippen LogP contribution in [-0.4, -0.2) is 22.8 Å². The Labute approximate surface area is 173 Å². The number of carbonyl (C=O) groups excluding carboxylic acids is 2. The van der Waals surface area contributed by atoms with Gasteiger partial charge in [-0.2, -0.15) is 0 Å². The lowest BCUT2D eigenvalue weighted by Gasteiger charge is -2.14. The Hall–Kier alpha value is -1.86. The van der Waals surface area contributed by atoms with E-state index in [0.717, 1.165) is 16.7 Å². The zero-order valence-corrected chi connectivity index (χ0v) is 16.6. The van der Waals surface area contributed by atoms with Gasteiger partial charge >= 0.3 is 0 Å². The molecule has 2 aliphatic rings. The maximum atomic E-state index is 12.7. The summed E-state index contributed by atoms with van der Waals surface area (Å²) in [6.07, 6.45) is 1.52. The molecule has 1 saturated heterocycles. The maximum absolute atomic E-state index is 12.7. The summed E-state index contributed by atoms with van der Waals surface area (Å²) >= 11 is 19.4. The van der Waals surface area contributed by atoms with Crippen molar-refractivity contribution in [2.75, 3.05) is 6.79 Å². The van der Waals surface area contributed by atoms with Crippen LogP contribution in [0.5, 0.6) is 11.5 Å². The molecule has 5 nitrogen and oxygen atoms in total. The van der Waals surface area contributed by atoms with Crippen LogP contribution < -0.4 is 9.47 Å². The second-order valence-electron chi connectivity index (χ2n) is 5.70. The third-order valence-electron chi connectivity index (χ3n) is 4.02. The van der Waals surface area contributed by atoms with E-state index in [2.05, 4.69) is 0 Å². The molecule has 2 aromatic rings. The van der Waals surface area contributed by atoms with E-state index in [1.54, 1.807) is 30.3 Å². The van der Waals surface area contributed by atoms with Crippen molar-refractivity contribution in [3.63, 3.8) is 0 Å². The fourth-order valence-electron chi connectivity index (χ4n) is 2.67. The number of hydrogen-bond donors (Lipinski definition) is 0. The molecule has 0 N–H and O–H groups in total. The van der Waals surface area contributed by atoms with Gasteiger partial charge in [0.2, 0.25) is 6.79 Å². The standard InChI is InChI=1S/C18H10Cl3NO4S/c19-11-2-1-3-12(20)10(11)5-16-17(23)22(18(24)27-16)7-9-4-14-15(6-13(9)21)26-8-25-14/h1-6H,7-8H2/b16-5-. The van der Waals surface area contributed by atoms with Gasteiger partial charge in [-0.05, 0) is 41.6 Å².